The minimum atomic E-state index is 0.520. The van der Waals surface area contributed by atoms with Gasteiger partial charge in [-0.1, -0.05) is 13.3 Å². The summed E-state index contributed by atoms with van der Waals surface area (Å²) >= 11 is 0. The summed E-state index contributed by atoms with van der Waals surface area (Å²) in [6, 6.07) is 0.720. The first-order valence-electron chi connectivity index (χ1n) is 7.62. The zero-order valence-corrected chi connectivity index (χ0v) is 11.3. The Balaban J connectivity index is 1.70. The van der Waals surface area contributed by atoms with E-state index in [2.05, 4.69) is 19.3 Å². The standard InChI is InChI=1S/C15H27NO/c1-3-14-12(6-7-17-14)15(16-2)13-9-10-4-5-11(13)8-10/h10-16H,3-9H2,1-2H3. The normalized spacial score (nSPS) is 46.6. The lowest BCUT2D eigenvalue weighted by molar-refractivity contribution is 0.0642. The van der Waals surface area contributed by atoms with Gasteiger partial charge in [-0.05, 0) is 56.9 Å². The third kappa shape index (κ3) is 2.04. The first kappa shape index (κ1) is 12.0. The maximum absolute atomic E-state index is 5.90. The zero-order valence-electron chi connectivity index (χ0n) is 11.3. The lowest BCUT2D eigenvalue weighted by atomic mass is 9.75. The Morgan fingerprint density at radius 3 is 2.65 bits per heavy atom. The van der Waals surface area contributed by atoms with Crippen molar-refractivity contribution in [3.63, 3.8) is 0 Å². The van der Waals surface area contributed by atoms with Crippen molar-refractivity contribution in [1.82, 2.24) is 5.32 Å². The van der Waals surface area contributed by atoms with Gasteiger partial charge in [-0.25, -0.2) is 0 Å². The van der Waals surface area contributed by atoms with Crippen LogP contribution in [0.15, 0.2) is 0 Å². The molecule has 1 aliphatic heterocycles. The van der Waals surface area contributed by atoms with Crippen molar-refractivity contribution in [2.45, 2.75) is 57.6 Å². The second-order valence-corrected chi connectivity index (χ2v) is 6.42. The van der Waals surface area contributed by atoms with Gasteiger partial charge in [0.15, 0.2) is 0 Å². The summed E-state index contributed by atoms with van der Waals surface area (Å²) < 4.78 is 5.90. The fourth-order valence-corrected chi connectivity index (χ4v) is 4.98. The van der Waals surface area contributed by atoms with Gasteiger partial charge in [-0.15, -0.1) is 0 Å². The maximum atomic E-state index is 5.90. The van der Waals surface area contributed by atoms with Gasteiger partial charge in [0.05, 0.1) is 6.10 Å². The zero-order chi connectivity index (χ0) is 11.8. The molecule has 6 atom stereocenters. The van der Waals surface area contributed by atoms with Gasteiger partial charge >= 0.3 is 0 Å². The highest BCUT2D eigenvalue weighted by Crippen LogP contribution is 2.51. The van der Waals surface area contributed by atoms with Crippen molar-refractivity contribution in [3.8, 4) is 0 Å². The molecule has 2 heteroatoms. The van der Waals surface area contributed by atoms with Crippen LogP contribution in [-0.2, 0) is 4.74 Å². The van der Waals surface area contributed by atoms with Gasteiger partial charge in [-0.2, -0.15) is 0 Å². The number of rotatable bonds is 4. The Hall–Kier alpha value is -0.0800. The quantitative estimate of drug-likeness (QED) is 0.812. The van der Waals surface area contributed by atoms with Crippen molar-refractivity contribution in [3.05, 3.63) is 0 Å². The fourth-order valence-electron chi connectivity index (χ4n) is 4.98. The second kappa shape index (κ2) is 4.89. The van der Waals surface area contributed by atoms with Crippen LogP contribution >= 0.6 is 0 Å². The van der Waals surface area contributed by atoms with Crippen LogP contribution in [-0.4, -0.2) is 25.8 Å². The molecule has 2 nitrogen and oxygen atoms in total. The van der Waals surface area contributed by atoms with Crippen molar-refractivity contribution in [2.24, 2.45) is 23.7 Å². The van der Waals surface area contributed by atoms with Gasteiger partial charge in [0.1, 0.15) is 0 Å². The Labute approximate surface area is 105 Å². The van der Waals surface area contributed by atoms with Crippen LogP contribution in [0.1, 0.15) is 45.4 Å². The summed E-state index contributed by atoms with van der Waals surface area (Å²) in [5.41, 5.74) is 0. The number of hydrogen-bond acceptors (Lipinski definition) is 2. The molecule has 2 bridgehead atoms. The molecule has 0 aromatic carbocycles. The largest absolute Gasteiger partial charge is 0.378 e. The summed E-state index contributed by atoms with van der Waals surface area (Å²) in [5.74, 6) is 3.80. The Bertz CT molecular complexity index is 262. The number of fused-ring (bicyclic) bond motifs is 2. The maximum Gasteiger partial charge on any atom is 0.0616 e. The summed E-state index contributed by atoms with van der Waals surface area (Å²) in [5, 5.41) is 3.66. The van der Waals surface area contributed by atoms with E-state index in [1.54, 1.807) is 0 Å². The molecule has 2 saturated carbocycles. The van der Waals surface area contributed by atoms with Crippen molar-refractivity contribution >= 4 is 0 Å². The Morgan fingerprint density at radius 2 is 2.06 bits per heavy atom. The molecule has 6 unspecified atom stereocenters. The third-order valence-electron chi connectivity index (χ3n) is 5.71. The van der Waals surface area contributed by atoms with E-state index in [1.807, 2.05) is 0 Å². The molecule has 98 valence electrons. The minimum absolute atomic E-state index is 0.520. The van der Waals surface area contributed by atoms with E-state index < -0.39 is 0 Å². The average molecular weight is 237 g/mol. The monoisotopic (exact) mass is 237 g/mol. The van der Waals surface area contributed by atoms with Crippen LogP contribution in [0.4, 0.5) is 0 Å². The molecular weight excluding hydrogens is 210 g/mol. The predicted octanol–water partition coefficient (Wildman–Crippen LogP) is 2.83. The lowest BCUT2D eigenvalue weighted by Crippen LogP contribution is -2.45. The number of nitrogens with one attached hydrogen (secondary N) is 1. The topological polar surface area (TPSA) is 21.3 Å². The molecule has 1 heterocycles. The van der Waals surface area contributed by atoms with E-state index in [9.17, 15) is 0 Å². The molecule has 1 N–H and O–H groups in total. The predicted molar refractivity (Wildman–Crippen MR) is 69.9 cm³/mol. The van der Waals surface area contributed by atoms with E-state index in [4.69, 9.17) is 4.74 Å². The third-order valence-corrected chi connectivity index (χ3v) is 5.71. The molecule has 0 amide bonds. The van der Waals surface area contributed by atoms with Crippen LogP contribution in [0.25, 0.3) is 0 Å². The average Bonchev–Trinajstić information content (AvgIpc) is 3.05. The lowest BCUT2D eigenvalue weighted by Gasteiger charge is -2.36. The van der Waals surface area contributed by atoms with Gasteiger partial charge in [0.25, 0.3) is 0 Å². The Morgan fingerprint density at radius 1 is 1.18 bits per heavy atom. The summed E-state index contributed by atoms with van der Waals surface area (Å²) in [7, 11) is 2.17. The van der Waals surface area contributed by atoms with Crippen LogP contribution < -0.4 is 5.32 Å². The van der Waals surface area contributed by atoms with E-state index in [0.29, 0.717) is 6.10 Å². The second-order valence-electron chi connectivity index (χ2n) is 6.42. The first-order valence-corrected chi connectivity index (χ1v) is 7.62. The molecule has 3 aliphatic rings. The molecule has 1 saturated heterocycles. The van der Waals surface area contributed by atoms with Crippen molar-refractivity contribution in [2.75, 3.05) is 13.7 Å². The van der Waals surface area contributed by atoms with Gasteiger partial charge in [0, 0.05) is 18.6 Å². The van der Waals surface area contributed by atoms with Crippen LogP contribution in [0, 0.1) is 23.7 Å². The van der Waals surface area contributed by atoms with Crippen LogP contribution in [0.5, 0.6) is 0 Å². The molecule has 2 aliphatic carbocycles. The molecule has 0 spiro atoms. The van der Waals surface area contributed by atoms with Gasteiger partial charge < -0.3 is 10.1 Å². The minimum Gasteiger partial charge on any atom is -0.378 e. The van der Waals surface area contributed by atoms with Gasteiger partial charge in [0.2, 0.25) is 0 Å². The van der Waals surface area contributed by atoms with E-state index >= 15 is 0 Å². The van der Waals surface area contributed by atoms with Crippen LogP contribution in [0.3, 0.4) is 0 Å². The highest BCUT2D eigenvalue weighted by molar-refractivity contribution is 4.99. The summed E-state index contributed by atoms with van der Waals surface area (Å²) in [6.45, 7) is 3.26. The number of ether oxygens (including phenoxy) is 1. The molecule has 3 fully saturated rings. The highest BCUT2D eigenvalue weighted by Gasteiger charge is 2.46. The molecule has 17 heavy (non-hydrogen) atoms. The van der Waals surface area contributed by atoms with E-state index in [1.165, 1.54) is 38.5 Å². The molecule has 0 radical (unpaired) electrons. The number of hydrogen-bond donors (Lipinski definition) is 1. The van der Waals surface area contributed by atoms with Crippen LogP contribution in [0.2, 0.25) is 0 Å². The molecule has 3 rings (SSSR count). The summed E-state index contributed by atoms with van der Waals surface area (Å²) in [6.07, 6.45) is 9.00. The molecular formula is C15H27NO. The molecule has 0 aromatic rings. The van der Waals surface area contributed by atoms with E-state index in [-0.39, 0.29) is 0 Å². The summed E-state index contributed by atoms with van der Waals surface area (Å²) in [4.78, 5) is 0. The van der Waals surface area contributed by atoms with Gasteiger partial charge in [-0.3, -0.25) is 0 Å². The van der Waals surface area contributed by atoms with E-state index in [0.717, 1.165) is 36.3 Å². The highest BCUT2D eigenvalue weighted by atomic mass is 16.5. The smallest absolute Gasteiger partial charge is 0.0616 e. The Kier molecular flexibility index (Phi) is 3.45. The van der Waals surface area contributed by atoms with Crippen molar-refractivity contribution < 1.29 is 4.74 Å². The fraction of sp³-hybridized carbons (Fsp3) is 1.00. The SMILES string of the molecule is CCC1OCCC1C(NC)C1CC2CCC1C2. The van der Waals surface area contributed by atoms with Crippen molar-refractivity contribution in [1.29, 1.82) is 0 Å². The first-order chi connectivity index (χ1) is 8.33. The molecule has 0 aromatic heterocycles.